The van der Waals surface area contributed by atoms with Crippen LogP contribution in [0.1, 0.15) is 26.3 Å². The maximum Gasteiger partial charge on any atom is 0.254 e. The second kappa shape index (κ2) is 7.77. The van der Waals surface area contributed by atoms with Gasteiger partial charge in [-0.15, -0.1) is 0 Å². The lowest BCUT2D eigenvalue weighted by molar-refractivity contribution is -0.155. The molecule has 1 amide bonds. The highest BCUT2D eigenvalue weighted by Crippen LogP contribution is 2.41. The van der Waals surface area contributed by atoms with Gasteiger partial charge in [-0.2, -0.15) is 4.98 Å². The van der Waals surface area contributed by atoms with Crippen molar-refractivity contribution in [1.29, 1.82) is 0 Å². The number of amides is 1. The lowest BCUT2D eigenvalue weighted by Crippen LogP contribution is -2.71. The van der Waals surface area contributed by atoms with Crippen LogP contribution in [0.5, 0.6) is 0 Å². The molecule has 2 aromatic rings. The summed E-state index contributed by atoms with van der Waals surface area (Å²) >= 11 is 0. The largest absolute Gasteiger partial charge is 0.381 e. The Balaban J connectivity index is 1.51. The molecule has 0 bridgehead atoms. The highest BCUT2D eigenvalue weighted by molar-refractivity contribution is 5.85. The molecule has 0 unspecified atom stereocenters. The molecule has 2 fully saturated rings. The van der Waals surface area contributed by atoms with Crippen molar-refractivity contribution in [2.75, 3.05) is 61.5 Å². The predicted molar refractivity (Wildman–Crippen MR) is 123 cm³/mol. The van der Waals surface area contributed by atoms with Gasteiger partial charge in [-0.1, -0.05) is 0 Å². The van der Waals surface area contributed by atoms with Gasteiger partial charge in [0.15, 0.2) is 0 Å². The summed E-state index contributed by atoms with van der Waals surface area (Å²) in [4.78, 5) is 36.9. The zero-order chi connectivity index (χ0) is 23.4. The van der Waals surface area contributed by atoms with E-state index in [1.165, 1.54) is 13.8 Å². The fourth-order valence-electron chi connectivity index (χ4n) is 4.85. The lowest BCUT2D eigenvalue weighted by Gasteiger charge is -2.54. The number of ether oxygens (including phenoxy) is 1. The molecule has 0 radical (unpaired) electrons. The van der Waals surface area contributed by atoms with Gasteiger partial charge in [-0.25, -0.2) is 15.0 Å². The van der Waals surface area contributed by atoms with Crippen LogP contribution >= 0.6 is 0 Å². The molecule has 11 heteroatoms. The molecule has 5 rings (SSSR count). The first-order valence-corrected chi connectivity index (χ1v) is 11.3. The number of fused-ring (bicyclic) bond motifs is 1. The number of carbonyl (C=O) groups is 1. The van der Waals surface area contributed by atoms with Crippen LogP contribution in [0.3, 0.4) is 0 Å². The molecule has 3 aliphatic heterocycles. The Morgan fingerprint density at radius 2 is 1.82 bits per heavy atom. The second-order valence-corrected chi connectivity index (χ2v) is 9.72. The molecular weight excluding hydrogens is 424 g/mol. The third kappa shape index (κ3) is 3.84. The molecule has 0 atom stereocenters. The number of aliphatic hydroxyl groups is 1. The maximum absolute atomic E-state index is 12.5. The lowest BCUT2D eigenvalue weighted by atomic mass is 9.88. The number of likely N-dealkylation sites (tertiary alicyclic amines) is 1. The van der Waals surface area contributed by atoms with E-state index in [1.54, 1.807) is 17.3 Å². The smallest absolute Gasteiger partial charge is 0.254 e. The van der Waals surface area contributed by atoms with Crippen LogP contribution in [-0.2, 0) is 16.0 Å². The summed E-state index contributed by atoms with van der Waals surface area (Å²) < 4.78 is 5.51. The number of rotatable bonds is 4. The highest BCUT2D eigenvalue weighted by Gasteiger charge is 2.50. The Morgan fingerprint density at radius 1 is 1.15 bits per heavy atom. The Kier molecular flexibility index (Phi) is 5.13. The molecule has 176 valence electrons. The van der Waals surface area contributed by atoms with Crippen LogP contribution < -0.4 is 15.5 Å². The first-order chi connectivity index (χ1) is 15.7. The summed E-state index contributed by atoms with van der Waals surface area (Å²) in [5.74, 6) is 1.51. The van der Waals surface area contributed by atoms with E-state index >= 15 is 0 Å². The minimum absolute atomic E-state index is 0.220. The van der Waals surface area contributed by atoms with Crippen molar-refractivity contribution in [2.24, 2.45) is 0 Å². The second-order valence-electron chi connectivity index (χ2n) is 9.72. The number of nitrogens with zero attached hydrogens (tertiary/aromatic N) is 7. The van der Waals surface area contributed by atoms with Gasteiger partial charge in [0, 0.05) is 56.2 Å². The Hall–Kier alpha value is -3.05. The standard InChI is InChI=1S/C22H30N8O3/c1-21(2,32)18(31)29-12-22(3,13-29)30-5-4-15-16(14-10-24-19(23)25-11-14)26-20(27-17(15)30)28-6-8-33-9-7-28/h10-11,32H,4-9,12-13H2,1-3H3,(H2,23,24,25). The van der Waals surface area contributed by atoms with Gasteiger partial charge in [-0.05, 0) is 27.2 Å². The molecular formula is C22H30N8O3. The Bertz CT molecular complexity index is 1060. The van der Waals surface area contributed by atoms with E-state index in [9.17, 15) is 9.90 Å². The average molecular weight is 455 g/mol. The van der Waals surface area contributed by atoms with Gasteiger partial charge in [0.1, 0.15) is 11.4 Å². The number of carbonyl (C=O) groups excluding carboxylic acids is 1. The minimum Gasteiger partial charge on any atom is -0.381 e. The third-order valence-corrected chi connectivity index (χ3v) is 6.58. The van der Waals surface area contributed by atoms with Crippen LogP contribution in [0.25, 0.3) is 11.3 Å². The Labute approximate surface area is 192 Å². The van der Waals surface area contributed by atoms with Crippen molar-refractivity contribution < 1.29 is 14.6 Å². The van der Waals surface area contributed by atoms with Crippen LogP contribution in [-0.4, -0.2) is 92.9 Å². The summed E-state index contributed by atoms with van der Waals surface area (Å²) in [6.07, 6.45) is 4.18. The minimum atomic E-state index is -1.38. The molecule has 33 heavy (non-hydrogen) atoms. The topological polar surface area (TPSA) is 134 Å². The monoisotopic (exact) mass is 454 g/mol. The van der Waals surface area contributed by atoms with Crippen molar-refractivity contribution in [3.8, 4) is 11.3 Å². The van der Waals surface area contributed by atoms with E-state index in [0.29, 0.717) is 32.3 Å². The van der Waals surface area contributed by atoms with Gasteiger partial charge < -0.3 is 30.3 Å². The van der Waals surface area contributed by atoms with Gasteiger partial charge >= 0.3 is 0 Å². The summed E-state index contributed by atoms with van der Waals surface area (Å²) in [5.41, 5.74) is 6.73. The molecule has 0 saturated carbocycles. The van der Waals surface area contributed by atoms with Crippen molar-refractivity contribution >= 4 is 23.6 Å². The van der Waals surface area contributed by atoms with E-state index in [0.717, 1.165) is 48.7 Å². The Morgan fingerprint density at radius 3 is 2.45 bits per heavy atom. The molecule has 2 aromatic heterocycles. The molecule has 0 aliphatic carbocycles. The number of anilines is 3. The first kappa shape index (κ1) is 21.8. The zero-order valence-electron chi connectivity index (χ0n) is 19.3. The number of aromatic nitrogens is 4. The molecule has 2 saturated heterocycles. The molecule has 3 N–H and O–H groups in total. The number of hydrogen-bond acceptors (Lipinski definition) is 10. The first-order valence-electron chi connectivity index (χ1n) is 11.3. The summed E-state index contributed by atoms with van der Waals surface area (Å²) in [7, 11) is 0. The molecule has 5 heterocycles. The van der Waals surface area contributed by atoms with Crippen LogP contribution in [0.15, 0.2) is 12.4 Å². The quantitative estimate of drug-likeness (QED) is 0.654. The summed E-state index contributed by atoms with van der Waals surface area (Å²) in [6, 6.07) is 0. The van der Waals surface area contributed by atoms with Gasteiger partial charge in [0.2, 0.25) is 11.9 Å². The van der Waals surface area contributed by atoms with Crippen LogP contribution in [0.4, 0.5) is 17.7 Å². The van der Waals surface area contributed by atoms with Crippen LogP contribution in [0.2, 0.25) is 0 Å². The summed E-state index contributed by atoms with van der Waals surface area (Å²) in [6.45, 7) is 9.76. The van der Waals surface area contributed by atoms with Crippen molar-refractivity contribution in [3.63, 3.8) is 0 Å². The van der Waals surface area contributed by atoms with E-state index in [1.807, 2.05) is 0 Å². The molecule has 0 spiro atoms. The fraction of sp³-hybridized carbons (Fsp3) is 0.591. The maximum atomic E-state index is 12.5. The number of nitrogen functional groups attached to an aromatic ring is 1. The summed E-state index contributed by atoms with van der Waals surface area (Å²) in [5, 5.41) is 10.1. The van der Waals surface area contributed by atoms with Gasteiger partial charge in [-0.3, -0.25) is 4.79 Å². The van der Waals surface area contributed by atoms with E-state index in [-0.39, 0.29) is 17.4 Å². The van der Waals surface area contributed by atoms with Gasteiger partial charge in [0.05, 0.1) is 24.4 Å². The van der Waals surface area contributed by atoms with E-state index < -0.39 is 5.60 Å². The van der Waals surface area contributed by atoms with Gasteiger partial charge in [0.25, 0.3) is 5.91 Å². The molecule has 11 nitrogen and oxygen atoms in total. The van der Waals surface area contributed by atoms with Crippen LogP contribution in [0, 0.1) is 0 Å². The van der Waals surface area contributed by atoms with Crippen molar-refractivity contribution in [1.82, 2.24) is 24.8 Å². The highest BCUT2D eigenvalue weighted by atomic mass is 16.5. The number of hydrogen-bond donors (Lipinski definition) is 2. The van der Waals surface area contributed by atoms with Crippen molar-refractivity contribution in [3.05, 3.63) is 18.0 Å². The zero-order valence-corrected chi connectivity index (χ0v) is 19.3. The molecule has 3 aliphatic rings. The number of morpholine rings is 1. The van der Waals surface area contributed by atoms with E-state index in [2.05, 4.69) is 26.7 Å². The molecule has 0 aromatic carbocycles. The van der Waals surface area contributed by atoms with Crippen molar-refractivity contribution in [2.45, 2.75) is 38.3 Å². The predicted octanol–water partition coefficient (Wildman–Crippen LogP) is 0.0867. The normalized spacial score (nSPS) is 19.9. The fourth-order valence-corrected chi connectivity index (χ4v) is 4.85. The SMILES string of the molecule is CC(C)(O)C(=O)N1CC(C)(N2CCc3c(-c4cnc(N)nc4)nc(N4CCOCC4)nc32)C1. The number of nitrogens with two attached hydrogens (primary N) is 1. The average Bonchev–Trinajstić information content (AvgIpc) is 3.21. The third-order valence-electron chi connectivity index (χ3n) is 6.58. The van der Waals surface area contributed by atoms with E-state index in [4.69, 9.17) is 20.4 Å².